The summed E-state index contributed by atoms with van der Waals surface area (Å²) in [6.07, 6.45) is -2.52. The number of aliphatic hydroxyl groups excluding tert-OH is 2. The van der Waals surface area contributed by atoms with Crippen LogP contribution in [0.15, 0.2) is 53.3 Å². The topological polar surface area (TPSA) is 127 Å². The first-order valence-corrected chi connectivity index (χ1v) is 13.1. The number of unbranched alkanes of at least 4 members (excludes halogenated alkanes) is 1. The molecule has 3 unspecified atom stereocenters. The molecule has 0 saturated heterocycles. The highest BCUT2D eigenvalue weighted by Gasteiger charge is 2.51. The third-order valence-corrected chi connectivity index (χ3v) is 8.03. The summed E-state index contributed by atoms with van der Waals surface area (Å²) in [6, 6.07) is 8.06. The van der Waals surface area contributed by atoms with Gasteiger partial charge in [-0.1, -0.05) is 31.5 Å². The lowest BCUT2D eigenvalue weighted by molar-refractivity contribution is -0.137. The van der Waals surface area contributed by atoms with Gasteiger partial charge >= 0.3 is 6.18 Å². The van der Waals surface area contributed by atoms with Crippen LogP contribution in [0.1, 0.15) is 49.3 Å². The van der Waals surface area contributed by atoms with Crippen molar-refractivity contribution in [2.24, 2.45) is 23.5 Å². The molecule has 0 heterocycles. The summed E-state index contributed by atoms with van der Waals surface area (Å²) in [5.74, 6) is -5.30. The van der Waals surface area contributed by atoms with Crippen LogP contribution in [0, 0.1) is 17.8 Å². The zero-order chi connectivity index (χ0) is 28.9. The van der Waals surface area contributed by atoms with Gasteiger partial charge in [0.15, 0.2) is 11.6 Å². The van der Waals surface area contributed by atoms with Gasteiger partial charge in [-0.25, -0.2) is 0 Å². The average molecular weight is 556 g/mol. The lowest BCUT2D eigenvalue weighted by Gasteiger charge is -2.41. The Morgan fingerprint density at radius 2 is 1.77 bits per heavy atom. The number of ether oxygens (including phenoxy) is 1. The highest BCUT2D eigenvalue weighted by molar-refractivity contribution is 6.21. The molecule has 5 rings (SSSR count). The maximum Gasteiger partial charge on any atom is 0.416 e. The van der Waals surface area contributed by atoms with E-state index in [2.05, 4.69) is 0 Å². The number of carbonyl (C=O) groups excluding carboxylic acids is 3. The summed E-state index contributed by atoms with van der Waals surface area (Å²) in [5.41, 5.74) is 5.97. The van der Waals surface area contributed by atoms with Crippen LogP contribution in [0.2, 0.25) is 0 Å². The van der Waals surface area contributed by atoms with E-state index in [1.807, 2.05) is 6.92 Å². The number of benzene rings is 2. The van der Waals surface area contributed by atoms with E-state index in [1.165, 1.54) is 12.1 Å². The summed E-state index contributed by atoms with van der Waals surface area (Å²) >= 11 is 0. The van der Waals surface area contributed by atoms with Gasteiger partial charge in [0, 0.05) is 12.0 Å². The monoisotopic (exact) mass is 555 g/mol. The van der Waals surface area contributed by atoms with Gasteiger partial charge in [0.1, 0.15) is 22.8 Å². The molecule has 1 amide bonds. The van der Waals surface area contributed by atoms with Crippen molar-refractivity contribution in [2.45, 2.75) is 45.2 Å². The van der Waals surface area contributed by atoms with E-state index in [9.17, 15) is 37.8 Å². The standard InChI is InChI=1S/C30H28F3NO6/c1-2-3-10-40-21-9-8-18(14-4-6-17(7-5-14)30(31,32)33)19-12-15-11-16-13-20(35)25(29(34)39)28(38)23(16)26(36)22(15)27(37)24(19)21/h4-9,15-16,23,37-38H,2-3,10-13H2,1H3,(H2,34,39). The molecule has 0 aromatic heterocycles. The molecule has 10 heteroatoms. The number of aliphatic hydroxyl groups is 2. The summed E-state index contributed by atoms with van der Waals surface area (Å²) in [6.45, 7) is 2.34. The smallest absolute Gasteiger partial charge is 0.416 e. The summed E-state index contributed by atoms with van der Waals surface area (Å²) in [5, 5.41) is 22.3. The summed E-state index contributed by atoms with van der Waals surface area (Å²) < 4.78 is 45.5. The Bertz CT molecular complexity index is 1470. The fourth-order valence-corrected chi connectivity index (χ4v) is 6.18. The molecule has 40 heavy (non-hydrogen) atoms. The molecule has 3 atom stereocenters. The van der Waals surface area contributed by atoms with Crippen molar-refractivity contribution in [2.75, 3.05) is 6.61 Å². The summed E-state index contributed by atoms with van der Waals surface area (Å²) in [7, 11) is 0. The van der Waals surface area contributed by atoms with Gasteiger partial charge in [-0.15, -0.1) is 0 Å². The molecule has 3 aliphatic carbocycles. The van der Waals surface area contributed by atoms with Gasteiger partial charge in [-0.3, -0.25) is 14.4 Å². The molecule has 3 aliphatic rings. The number of fused-ring (bicyclic) bond motifs is 3. The number of halogens is 3. The molecular weight excluding hydrogens is 527 g/mol. The number of carbonyl (C=O) groups is 3. The van der Waals surface area contributed by atoms with Crippen LogP contribution in [0.4, 0.5) is 13.2 Å². The Hall–Kier alpha value is -4.08. The van der Waals surface area contributed by atoms with E-state index in [-0.39, 0.29) is 36.2 Å². The fraction of sp³-hybridized carbons (Fsp3) is 0.367. The minimum atomic E-state index is -4.49. The normalized spacial score (nSPS) is 22.6. The van der Waals surface area contributed by atoms with E-state index >= 15 is 0 Å². The number of Topliss-reactive ketones (excluding diaryl/α,β-unsaturated/α-hetero) is 2. The van der Waals surface area contributed by atoms with Crippen LogP contribution in [-0.4, -0.2) is 34.3 Å². The van der Waals surface area contributed by atoms with Gasteiger partial charge in [0.2, 0.25) is 0 Å². The van der Waals surface area contributed by atoms with Crippen LogP contribution >= 0.6 is 0 Å². The number of alkyl halides is 3. The highest BCUT2D eigenvalue weighted by atomic mass is 19.4. The number of hydrogen-bond donors (Lipinski definition) is 3. The van der Waals surface area contributed by atoms with Gasteiger partial charge in [0.25, 0.3) is 5.91 Å². The zero-order valence-corrected chi connectivity index (χ0v) is 21.7. The van der Waals surface area contributed by atoms with E-state index in [1.54, 1.807) is 12.1 Å². The number of amides is 1. The second-order valence-electron chi connectivity index (χ2n) is 10.5. The van der Waals surface area contributed by atoms with Crippen molar-refractivity contribution < 1.29 is 42.5 Å². The number of primary amides is 1. The molecule has 2 aromatic rings. The number of ketones is 2. The van der Waals surface area contributed by atoms with Crippen molar-refractivity contribution in [1.29, 1.82) is 0 Å². The lowest BCUT2D eigenvalue weighted by Crippen LogP contribution is -2.44. The maximum atomic E-state index is 13.7. The second kappa shape index (κ2) is 10.1. The molecule has 7 nitrogen and oxygen atoms in total. The first-order chi connectivity index (χ1) is 18.9. The molecule has 0 aliphatic heterocycles. The summed E-state index contributed by atoms with van der Waals surface area (Å²) in [4.78, 5) is 38.1. The Balaban J connectivity index is 1.65. The van der Waals surface area contributed by atoms with Crippen molar-refractivity contribution in [3.8, 4) is 16.9 Å². The lowest BCUT2D eigenvalue weighted by atomic mass is 9.61. The van der Waals surface area contributed by atoms with E-state index in [0.717, 1.165) is 25.0 Å². The van der Waals surface area contributed by atoms with Crippen molar-refractivity contribution >= 4 is 23.2 Å². The molecule has 2 aromatic carbocycles. The van der Waals surface area contributed by atoms with Gasteiger partial charge in [-0.05, 0) is 66.0 Å². The number of allylic oxidation sites excluding steroid dienone is 2. The molecular formula is C30H28F3NO6. The Kier molecular flexibility index (Phi) is 6.97. The predicted molar refractivity (Wildman–Crippen MR) is 139 cm³/mol. The van der Waals surface area contributed by atoms with Gasteiger partial charge in [-0.2, -0.15) is 13.2 Å². The van der Waals surface area contributed by atoms with Crippen LogP contribution in [0.25, 0.3) is 16.9 Å². The van der Waals surface area contributed by atoms with Crippen LogP contribution in [-0.2, 0) is 27.0 Å². The largest absolute Gasteiger partial charge is 0.511 e. The molecule has 0 spiro atoms. The minimum absolute atomic E-state index is 0.0726. The van der Waals surface area contributed by atoms with Crippen molar-refractivity contribution in [3.63, 3.8) is 0 Å². The minimum Gasteiger partial charge on any atom is -0.511 e. The maximum absolute atomic E-state index is 13.7. The number of nitrogens with two attached hydrogens (primary N) is 1. The number of rotatable bonds is 6. The van der Waals surface area contributed by atoms with E-state index in [0.29, 0.717) is 29.0 Å². The van der Waals surface area contributed by atoms with E-state index < -0.39 is 58.3 Å². The molecule has 1 fully saturated rings. The fourth-order valence-electron chi connectivity index (χ4n) is 6.18. The predicted octanol–water partition coefficient (Wildman–Crippen LogP) is 5.47. The molecule has 4 N–H and O–H groups in total. The first kappa shape index (κ1) is 27.5. The molecule has 1 saturated carbocycles. The van der Waals surface area contributed by atoms with Gasteiger partial charge in [0.05, 0.1) is 23.7 Å². The highest BCUT2D eigenvalue weighted by Crippen LogP contribution is 2.51. The average Bonchev–Trinajstić information content (AvgIpc) is 2.87. The molecule has 0 radical (unpaired) electrons. The SMILES string of the molecule is CCCCOc1ccc(-c2ccc(C(F)(F)F)cc2)c2c1C(O)=C1C(=O)C3C(O)=C(C(N)=O)C(=O)CC3CC1C2. The van der Waals surface area contributed by atoms with E-state index in [4.69, 9.17) is 10.5 Å². The Labute approximate surface area is 228 Å². The second-order valence-corrected chi connectivity index (χ2v) is 10.5. The van der Waals surface area contributed by atoms with Crippen LogP contribution < -0.4 is 10.5 Å². The number of hydrogen-bond acceptors (Lipinski definition) is 6. The Morgan fingerprint density at radius 3 is 2.40 bits per heavy atom. The first-order valence-electron chi connectivity index (χ1n) is 13.1. The van der Waals surface area contributed by atoms with Crippen LogP contribution in [0.5, 0.6) is 5.75 Å². The van der Waals surface area contributed by atoms with Crippen molar-refractivity contribution in [3.05, 3.63) is 70.0 Å². The zero-order valence-electron chi connectivity index (χ0n) is 21.7. The molecule has 210 valence electrons. The third-order valence-electron chi connectivity index (χ3n) is 8.03. The van der Waals surface area contributed by atoms with Gasteiger partial charge < -0.3 is 20.7 Å². The van der Waals surface area contributed by atoms with Crippen LogP contribution in [0.3, 0.4) is 0 Å². The third kappa shape index (κ3) is 4.55. The quantitative estimate of drug-likeness (QED) is 0.321. The molecule has 0 bridgehead atoms. The van der Waals surface area contributed by atoms with Crippen molar-refractivity contribution in [1.82, 2.24) is 0 Å². The Morgan fingerprint density at radius 1 is 1.07 bits per heavy atom.